The molecule has 0 saturated carbocycles. The minimum atomic E-state index is 0.222. The number of rotatable bonds is 3. The molecule has 0 aromatic rings. The van der Waals surface area contributed by atoms with E-state index in [2.05, 4.69) is 11.7 Å². The highest BCUT2D eigenvalue weighted by Crippen LogP contribution is 1.95. The number of hydrogen-bond donors (Lipinski definition) is 1. The Kier molecular flexibility index (Phi) is 3.54. The van der Waals surface area contributed by atoms with E-state index in [1.807, 2.05) is 13.8 Å². The monoisotopic (exact) mass is 142 g/mol. The lowest BCUT2D eigenvalue weighted by Crippen LogP contribution is -2.18. The van der Waals surface area contributed by atoms with Crippen LogP contribution in [-0.2, 0) is 4.84 Å². The van der Waals surface area contributed by atoms with Crippen LogP contribution in [0, 0.1) is 5.92 Å². The minimum absolute atomic E-state index is 0.222. The van der Waals surface area contributed by atoms with Crippen molar-refractivity contribution >= 4 is 5.84 Å². The highest BCUT2D eigenvalue weighted by Gasteiger charge is 1.98. The molecule has 0 saturated heterocycles. The minimum Gasteiger partial charge on any atom is -0.384 e. The molecular formula is C7H14N2O. The summed E-state index contributed by atoms with van der Waals surface area (Å²) in [7, 11) is 0. The molecule has 0 heterocycles. The maximum atomic E-state index is 5.45. The van der Waals surface area contributed by atoms with E-state index >= 15 is 0 Å². The van der Waals surface area contributed by atoms with Crippen LogP contribution in [0.15, 0.2) is 17.5 Å². The second-order valence-corrected chi connectivity index (χ2v) is 2.46. The third-order valence-corrected chi connectivity index (χ3v) is 0.898. The zero-order valence-corrected chi connectivity index (χ0v) is 6.72. The van der Waals surface area contributed by atoms with Crippen molar-refractivity contribution in [2.45, 2.75) is 20.8 Å². The zero-order chi connectivity index (χ0) is 8.15. The Morgan fingerprint density at radius 3 is 2.40 bits per heavy atom. The summed E-state index contributed by atoms with van der Waals surface area (Å²) in [6.07, 6.45) is 0. The van der Waals surface area contributed by atoms with Gasteiger partial charge in [0.15, 0.2) is 0 Å². The van der Waals surface area contributed by atoms with E-state index < -0.39 is 0 Å². The molecule has 0 fully saturated rings. The van der Waals surface area contributed by atoms with Crippen molar-refractivity contribution in [3.05, 3.63) is 12.3 Å². The smallest absolute Gasteiger partial charge is 0.142 e. The number of amidine groups is 1. The van der Waals surface area contributed by atoms with Crippen LogP contribution in [0.1, 0.15) is 20.8 Å². The van der Waals surface area contributed by atoms with E-state index in [0.29, 0.717) is 11.6 Å². The van der Waals surface area contributed by atoms with Gasteiger partial charge in [0.1, 0.15) is 11.6 Å². The van der Waals surface area contributed by atoms with Crippen LogP contribution in [0.25, 0.3) is 0 Å². The predicted molar refractivity (Wildman–Crippen MR) is 42.4 cm³/mol. The number of nitrogens with two attached hydrogens (primary N) is 1. The van der Waals surface area contributed by atoms with Gasteiger partial charge in [-0.25, -0.2) is 0 Å². The van der Waals surface area contributed by atoms with Gasteiger partial charge in [-0.3, -0.25) is 0 Å². The van der Waals surface area contributed by atoms with Gasteiger partial charge in [0, 0.05) is 5.92 Å². The second kappa shape index (κ2) is 3.93. The van der Waals surface area contributed by atoms with E-state index in [-0.39, 0.29) is 5.92 Å². The summed E-state index contributed by atoms with van der Waals surface area (Å²) in [6.45, 7) is 9.11. The van der Waals surface area contributed by atoms with Crippen LogP contribution in [0.4, 0.5) is 0 Å². The Bertz CT molecular complexity index is 150. The summed E-state index contributed by atoms with van der Waals surface area (Å²) >= 11 is 0. The first-order valence-electron chi connectivity index (χ1n) is 3.20. The van der Waals surface area contributed by atoms with Gasteiger partial charge in [0.2, 0.25) is 0 Å². The maximum Gasteiger partial charge on any atom is 0.142 e. The Morgan fingerprint density at radius 1 is 1.60 bits per heavy atom. The molecule has 0 rings (SSSR count). The average Bonchev–Trinajstić information content (AvgIpc) is 1.82. The summed E-state index contributed by atoms with van der Waals surface area (Å²) in [5.74, 6) is 1.26. The van der Waals surface area contributed by atoms with Gasteiger partial charge >= 0.3 is 0 Å². The Labute approximate surface area is 61.5 Å². The van der Waals surface area contributed by atoms with Crippen LogP contribution in [-0.4, -0.2) is 5.84 Å². The molecule has 58 valence electrons. The number of oxime groups is 1. The summed E-state index contributed by atoms with van der Waals surface area (Å²) in [4.78, 5) is 4.73. The summed E-state index contributed by atoms with van der Waals surface area (Å²) in [5.41, 5.74) is 5.45. The number of nitrogens with zero attached hydrogens (tertiary/aromatic N) is 1. The molecule has 0 aromatic carbocycles. The van der Waals surface area contributed by atoms with E-state index in [1.54, 1.807) is 6.92 Å². The van der Waals surface area contributed by atoms with Gasteiger partial charge in [0.25, 0.3) is 0 Å². The van der Waals surface area contributed by atoms with Crippen molar-refractivity contribution in [1.82, 2.24) is 0 Å². The molecular weight excluding hydrogens is 128 g/mol. The zero-order valence-electron chi connectivity index (χ0n) is 6.72. The van der Waals surface area contributed by atoms with Crippen LogP contribution in [0.3, 0.4) is 0 Å². The Balaban J connectivity index is 3.80. The molecule has 0 aromatic heterocycles. The van der Waals surface area contributed by atoms with E-state index in [0.717, 1.165) is 0 Å². The van der Waals surface area contributed by atoms with E-state index in [1.165, 1.54) is 0 Å². The van der Waals surface area contributed by atoms with Gasteiger partial charge in [-0.05, 0) is 6.92 Å². The van der Waals surface area contributed by atoms with Gasteiger partial charge in [-0.15, -0.1) is 0 Å². The molecule has 0 radical (unpaired) electrons. The van der Waals surface area contributed by atoms with Crippen molar-refractivity contribution in [1.29, 1.82) is 0 Å². The van der Waals surface area contributed by atoms with Crippen molar-refractivity contribution < 1.29 is 4.84 Å². The van der Waals surface area contributed by atoms with Crippen LogP contribution in [0.2, 0.25) is 0 Å². The molecule has 2 N–H and O–H groups in total. The number of hydrogen-bond acceptors (Lipinski definition) is 2. The molecule has 0 aliphatic heterocycles. The molecule has 0 bridgehead atoms. The van der Waals surface area contributed by atoms with Crippen LogP contribution >= 0.6 is 0 Å². The Hall–Kier alpha value is -0.990. The van der Waals surface area contributed by atoms with Crippen molar-refractivity contribution in [2.24, 2.45) is 16.8 Å². The lowest BCUT2D eigenvalue weighted by Gasteiger charge is -2.02. The standard InChI is InChI=1S/C7H14N2O/c1-5(2)7(8)9-10-6(3)4/h5H,3H2,1-2,4H3,(H2,8,9). The normalized spacial score (nSPS) is 11.8. The predicted octanol–water partition coefficient (Wildman–Crippen LogP) is 1.46. The highest BCUT2D eigenvalue weighted by atomic mass is 16.6. The topological polar surface area (TPSA) is 47.6 Å². The van der Waals surface area contributed by atoms with Crippen molar-refractivity contribution in [3.63, 3.8) is 0 Å². The molecule has 3 heteroatoms. The SMILES string of the molecule is C=C(C)O/N=C(\N)C(C)C. The summed E-state index contributed by atoms with van der Waals surface area (Å²) in [6, 6.07) is 0. The second-order valence-electron chi connectivity index (χ2n) is 2.46. The molecule has 0 amide bonds. The van der Waals surface area contributed by atoms with Gasteiger partial charge in [-0.1, -0.05) is 25.6 Å². The first-order valence-corrected chi connectivity index (χ1v) is 3.20. The third-order valence-electron chi connectivity index (χ3n) is 0.898. The first kappa shape index (κ1) is 9.01. The molecule has 0 unspecified atom stereocenters. The van der Waals surface area contributed by atoms with Crippen LogP contribution < -0.4 is 5.73 Å². The molecule has 0 aliphatic carbocycles. The van der Waals surface area contributed by atoms with Gasteiger partial charge in [-0.2, -0.15) is 0 Å². The fourth-order valence-corrected chi connectivity index (χ4v) is 0.236. The van der Waals surface area contributed by atoms with E-state index in [4.69, 9.17) is 10.6 Å². The Morgan fingerprint density at radius 2 is 2.10 bits per heavy atom. The van der Waals surface area contributed by atoms with Crippen molar-refractivity contribution in [3.8, 4) is 0 Å². The first-order chi connectivity index (χ1) is 4.54. The number of allylic oxidation sites excluding steroid dienone is 1. The quantitative estimate of drug-likeness (QED) is 0.281. The highest BCUT2D eigenvalue weighted by molar-refractivity contribution is 5.81. The van der Waals surface area contributed by atoms with E-state index in [9.17, 15) is 0 Å². The largest absolute Gasteiger partial charge is 0.384 e. The van der Waals surface area contributed by atoms with Crippen molar-refractivity contribution in [2.75, 3.05) is 0 Å². The average molecular weight is 142 g/mol. The lowest BCUT2D eigenvalue weighted by atomic mass is 10.2. The van der Waals surface area contributed by atoms with Gasteiger partial charge < -0.3 is 10.6 Å². The third kappa shape index (κ3) is 3.95. The molecule has 0 spiro atoms. The molecule has 0 aliphatic rings. The fraction of sp³-hybridized carbons (Fsp3) is 0.571. The molecule has 10 heavy (non-hydrogen) atoms. The summed E-state index contributed by atoms with van der Waals surface area (Å²) in [5, 5.41) is 3.62. The maximum absolute atomic E-state index is 5.45. The fourth-order valence-electron chi connectivity index (χ4n) is 0.236. The van der Waals surface area contributed by atoms with Gasteiger partial charge in [0.05, 0.1) is 0 Å². The molecule has 0 atom stereocenters. The summed E-state index contributed by atoms with van der Waals surface area (Å²) < 4.78 is 0. The lowest BCUT2D eigenvalue weighted by molar-refractivity contribution is 0.228. The van der Waals surface area contributed by atoms with Crippen LogP contribution in [0.5, 0.6) is 0 Å². The molecule has 3 nitrogen and oxygen atoms in total.